The quantitative estimate of drug-likeness (QED) is 0.195. The van der Waals surface area contributed by atoms with Crippen molar-refractivity contribution in [3.63, 3.8) is 0 Å². The molecule has 0 fully saturated rings. The van der Waals surface area contributed by atoms with Gasteiger partial charge in [-0.1, -0.05) is 53.6 Å². The van der Waals surface area contributed by atoms with E-state index in [0.29, 0.717) is 47.3 Å². The molecule has 8 heteroatoms. The topological polar surface area (TPSA) is 82.7 Å². The predicted molar refractivity (Wildman–Crippen MR) is 154 cm³/mol. The molecule has 38 heavy (non-hydrogen) atoms. The van der Waals surface area contributed by atoms with Crippen LogP contribution in [-0.2, 0) is 0 Å². The lowest BCUT2D eigenvalue weighted by atomic mass is 10.2. The van der Waals surface area contributed by atoms with Gasteiger partial charge in [0, 0.05) is 35.2 Å². The normalized spacial score (nSPS) is 10.4. The highest BCUT2D eigenvalue weighted by atomic mass is 35.5. The molecule has 0 bridgehead atoms. The number of benzene rings is 4. The average Bonchev–Trinajstić information content (AvgIpc) is 2.91. The Morgan fingerprint density at radius 3 is 2.21 bits per heavy atom. The molecule has 0 unspecified atom stereocenters. The van der Waals surface area contributed by atoms with Crippen molar-refractivity contribution >= 4 is 40.7 Å². The molecule has 3 N–H and O–H groups in total. The highest BCUT2D eigenvalue weighted by Crippen LogP contribution is 2.25. The summed E-state index contributed by atoms with van der Waals surface area (Å²) < 4.78 is 5.87. The van der Waals surface area contributed by atoms with Crippen molar-refractivity contribution in [1.82, 2.24) is 5.32 Å². The highest BCUT2D eigenvalue weighted by Gasteiger charge is 2.16. The summed E-state index contributed by atoms with van der Waals surface area (Å²) in [6.07, 6.45) is 0.534. The first-order chi connectivity index (χ1) is 18.5. The number of hydrogen-bond acceptors (Lipinski definition) is 3. The number of anilines is 3. The van der Waals surface area contributed by atoms with Gasteiger partial charge in [-0.15, -0.1) is 0 Å². The van der Waals surface area contributed by atoms with Gasteiger partial charge in [-0.3, -0.25) is 4.90 Å². The van der Waals surface area contributed by atoms with Crippen molar-refractivity contribution in [3.8, 4) is 11.5 Å². The number of urea groups is 2. The maximum absolute atomic E-state index is 13.2. The molecule has 7 nitrogen and oxygen atoms in total. The molecule has 0 saturated carbocycles. The van der Waals surface area contributed by atoms with E-state index < -0.39 is 0 Å². The molecule has 194 valence electrons. The Kier molecular flexibility index (Phi) is 9.21. The van der Waals surface area contributed by atoms with Gasteiger partial charge in [0.15, 0.2) is 0 Å². The number of hydrogen-bond donors (Lipinski definition) is 3. The number of nitrogens with one attached hydrogen (secondary N) is 3. The first-order valence-electron chi connectivity index (χ1n) is 12.2. The van der Waals surface area contributed by atoms with Gasteiger partial charge in [0.1, 0.15) is 11.5 Å². The minimum absolute atomic E-state index is 0.300. The van der Waals surface area contributed by atoms with E-state index in [1.54, 1.807) is 29.2 Å². The Bertz CT molecular complexity index is 1350. The van der Waals surface area contributed by atoms with Crippen LogP contribution in [0.25, 0.3) is 0 Å². The third-order valence-electron chi connectivity index (χ3n) is 5.60. The van der Waals surface area contributed by atoms with Gasteiger partial charge in [-0.05, 0) is 80.1 Å². The summed E-state index contributed by atoms with van der Waals surface area (Å²) in [4.78, 5) is 27.1. The van der Waals surface area contributed by atoms with Gasteiger partial charge in [0.2, 0.25) is 0 Å². The molecule has 0 radical (unpaired) electrons. The highest BCUT2D eigenvalue weighted by molar-refractivity contribution is 6.30. The standard InChI is InChI=1S/C30H29ClN4O3/c1-22-11-13-24(14-12-22)33-29(36)32-19-6-20-35(30(37)34-25-8-5-7-23(31)21-25)26-15-17-28(18-16-26)38-27-9-3-2-4-10-27/h2-5,7-18,21H,6,19-20H2,1H3,(H,34,37)(H2,32,33,36). The van der Waals surface area contributed by atoms with E-state index in [-0.39, 0.29) is 12.1 Å². The van der Waals surface area contributed by atoms with Crippen molar-refractivity contribution in [3.05, 3.63) is 114 Å². The smallest absolute Gasteiger partial charge is 0.326 e. The molecule has 4 aromatic carbocycles. The van der Waals surface area contributed by atoms with Crippen molar-refractivity contribution in [2.24, 2.45) is 0 Å². The van der Waals surface area contributed by atoms with Crippen LogP contribution >= 0.6 is 11.6 Å². The molecule has 4 amide bonds. The number of nitrogens with zero attached hydrogens (tertiary/aromatic N) is 1. The fourth-order valence-corrected chi connectivity index (χ4v) is 3.87. The number of para-hydroxylation sites is 1. The lowest BCUT2D eigenvalue weighted by Crippen LogP contribution is -2.38. The molecule has 0 heterocycles. The van der Waals surface area contributed by atoms with Crippen LogP contribution in [0.2, 0.25) is 5.02 Å². The molecule has 0 aliphatic carbocycles. The maximum atomic E-state index is 13.2. The predicted octanol–water partition coefficient (Wildman–Crippen LogP) is 7.69. The lowest BCUT2D eigenvalue weighted by molar-refractivity contribution is 0.252. The van der Waals surface area contributed by atoms with Crippen LogP contribution in [0.4, 0.5) is 26.7 Å². The van der Waals surface area contributed by atoms with Crippen LogP contribution < -0.4 is 25.6 Å². The second-order valence-electron chi connectivity index (χ2n) is 8.60. The van der Waals surface area contributed by atoms with Gasteiger partial charge < -0.3 is 20.7 Å². The summed E-state index contributed by atoms with van der Waals surface area (Å²) in [5.74, 6) is 1.38. The number of ether oxygens (including phenoxy) is 1. The minimum atomic E-state index is -0.312. The lowest BCUT2D eigenvalue weighted by Gasteiger charge is -2.24. The van der Waals surface area contributed by atoms with E-state index in [1.807, 2.05) is 85.8 Å². The van der Waals surface area contributed by atoms with E-state index in [2.05, 4.69) is 16.0 Å². The number of amides is 4. The Morgan fingerprint density at radius 2 is 1.50 bits per heavy atom. The minimum Gasteiger partial charge on any atom is -0.457 e. The summed E-state index contributed by atoms with van der Waals surface area (Å²) >= 11 is 6.08. The summed E-state index contributed by atoms with van der Waals surface area (Å²) in [6.45, 7) is 2.74. The third kappa shape index (κ3) is 8.01. The van der Waals surface area contributed by atoms with Crippen LogP contribution in [0.15, 0.2) is 103 Å². The molecule has 0 spiro atoms. The zero-order chi connectivity index (χ0) is 26.7. The van der Waals surface area contributed by atoms with Crippen LogP contribution in [0.5, 0.6) is 11.5 Å². The van der Waals surface area contributed by atoms with Crippen LogP contribution in [0, 0.1) is 6.92 Å². The monoisotopic (exact) mass is 528 g/mol. The Hall–Kier alpha value is -4.49. The van der Waals surface area contributed by atoms with E-state index in [4.69, 9.17) is 16.3 Å². The first kappa shape index (κ1) is 26.6. The van der Waals surface area contributed by atoms with Gasteiger partial charge in [-0.25, -0.2) is 9.59 Å². The van der Waals surface area contributed by atoms with Crippen molar-refractivity contribution in [2.45, 2.75) is 13.3 Å². The summed E-state index contributed by atoms with van der Waals surface area (Å²) in [5, 5.41) is 9.07. The fourth-order valence-electron chi connectivity index (χ4n) is 3.68. The number of halogens is 1. The second kappa shape index (κ2) is 13.2. The SMILES string of the molecule is Cc1ccc(NC(=O)NCCCN(C(=O)Nc2cccc(Cl)c2)c2ccc(Oc3ccccc3)cc2)cc1. The molecular formula is C30H29ClN4O3. The number of aryl methyl sites for hydroxylation is 1. The number of carbonyl (C=O) groups is 2. The van der Waals surface area contributed by atoms with Gasteiger partial charge in [0.25, 0.3) is 0 Å². The molecule has 0 aromatic heterocycles. The molecule has 0 aliphatic rings. The second-order valence-corrected chi connectivity index (χ2v) is 9.04. The largest absolute Gasteiger partial charge is 0.457 e. The van der Waals surface area contributed by atoms with Crippen molar-refractivity contribution in [2.75, 3.05) is 28.6 Å². The summed E-state index contributed by atoms with van der Waals surface area (Å²) in [5.41, 5.74) is 3.11. The van der Waals surface area contributed by atoms with Crippen LogP contribution in [0.3, 0.4) is 0 Å². The molecule has 4 aromatic rings. The Labute approximate surface area is 227 Å². The van der Waals surface area contributed by atoms with Crippen molar-refractivity contribution < 1.29 is 14.3 Å². The molecule has 4 rings (SSSR count). The van der Waals surface area contributed by atoms with Gasteiger partial charge in [-0.2, -0.15) is 0 Å². The van der Waals surface area contributed by atoms with Crippen molar-refractivity contribution in [1.29, 1.82) is 0 Å². The molecular weight excluding hydrogens is 500 g/mol. The summed E-state index contributed by atoms with van der Waals surface area (Å²) in [7, 11) is 0. The third-order valence-corrected chi connectivity index (χ3v) is 5.84. The van der Waals surface area contributed by atoms with Crippen LogP contribution in [-0.4, -0.2) is 25.2 Å². The number of rotatable bonds is 9. The number of carbonyl (C=O) groups excluding carboxylic acids is 2. The fraction of sp³-hybridized carbons (Fsp3) is 0.133. The maximum Gasteiger partial charge on any atom is 0.326 e. The van der Waals surface area contributed by atoms with E-state index in [0.717, 1.165) is 11.3 Å². The average molecular weight is 529 g/mol. The first-order valence-corrected chi connectivity index (χ1v) is 12.6. The molecule has 0 saturated heterocycles. The van der Waals surface area contributed by atoms with Gasteiger partial charge in [0.05, 0.1) is 0 Å². The Balaban J connectivity index is 1.39. The Morgan fingerprint density at radius 1 is 0.789 bits per heavy atom. The zero-order valence-corrected chi connectivity index (χ0v) is 21.7. The molecule has 0 atom stereocenters. The van der Waals surface area contributed by atoms with E-state index >= 15 is 0 Å². The van der Waals surface area contributed by atoms with E-state index in [1.165, 1.54) is 0 Å². The van der Waals surface area contributed by atoms with Crippen LogP contribution in [0.1, 0.15) is 12.0 Å². The molecule has 0 aliphatic heterocycles. The van der Waals surface area contributed by atoms with E-state index in [9.17, 15) is 9.59 Å². The van der Waals surface area contributed by atoms with Gasteiger partial charge >= 0.3 is 12.1 Å². The zero-order valence-electron chi connectivity index (χ0n) is 21.0. The summed E-state index contributed by atoms with van der Waals surface area (Å²) in [6, 6.07) is 30.7.